The summed E-state index contributed by atoms with van der Waals surface area (Å²) in [6.45, 7) is 12.1. The quantitative estimate of drug-likeness (QED) is 0.296. The highest BCUT2D eigenvalue weighted by Crippen LogP contribution is 2.58. The van der Waals surface area contributed by atoms with E-state index in [1.54, 1.807) is 11.0 Å². The van der Waals surface area contributed by atoms with Crippen LogP contribution in [-0.4, -0.2) is 121 Å². The summed E-state index contributed by atoms with van der Waals surface area (Å²) < 4.78 is 17.1. The Hall–Kier alpha value is -2.27. The van der Waals surface area contributed by atoms with Crippen molar-refractivity contribution in [2.75, 3.05) is 65.7 Å². The van der Waals surface area contributed by atoms with Gasteiger partial charge in [-0.05, 0) is 19.3 Å². The van der Waals surface area contributed by atoms with E-state index in [1.165, 1.54) is 11.0 Å². The van der Waals surface area contributed by atoms with E-state index >= 15 is 0 Å². The van der Waals surface area contributed by atoms with Crippen LogP contribution in [0.4, 0.5) is 0 Å². The van der Waals surface area contributed by atoms with Crippen molar-refractivity contribution in [2.24, 2.45) is 11.8 Å². The second-order valence-corrected chi connectivity index (χ2v) is 9.61. The van der Waals surface area contributed by atoms with Crippen LogP contribution in [0.3, 0.4) is 0 Å². The van der Waals surface area contributed by atoms with Crippen LogP contribution in [0.5, 0.6) is 0 Å². The summed E-state index contributed by atoms with van der Waals surface area (Å²) in [5.74, 6) is -2.47. The zero-order valence-corrected chi connectivity index (χ0v) is 20.3. The van der Waals surface area contributed by atoms with Gasteiger partial charge < -0.3 is 29.1 Å². The highest BCUT2D eigenvalue weighted by atomic mass is 16.6. The van der Waals surface area contributed by atoms with Crippen molar-refractivity contribution in [3.63, 3.8) is 0 Å². The van der Waals surface area contributed by atoms with Gasteiger partial charge in [-0.15, -0.1) is 6.58 Å². The molecule has 4 rings (SSSR count). The summed E-state index contributed by atoms with van der Waals surface area (Å²) in [6.07, 6.45) is 4.17. The third-order valence-electron chi connectivity index (χ3n) is 7.66. The first-order valence-electron chi connectivity index (χ1n) is 12.5. The van der Waals surface area contributed by atoms with Crippen molar-refractivity contribution in [3.05, 3.63) is 25.3 Å². The highest BCUT2D eigenvalue weighted by molar-refractivity contribution is 5.98. The maximum absolute atomic E-state index is 14.1. The molecule has 0 aliphatic carbocycles. The van der Waals surface area contributed by atoms with Crippen molar-refractivity contribution in [1.82, 2.24) is 14.7 Å². The first kappa shape index (κ1) is 25.8. The summed E-state index contributed by atoms with van der Waals surface area (Å²) in [6, 6.07) is -0.849. The molecule has 4 aliphatic rings. The highest BCUT2D eigenvalue weighted by Gasteiger charge is 2.75. The molecule has 0 saturated carbocycles. The lowest BCUT2D eigenvalue weighted by Crippen LogP contribution is -2.57. The molecule has 2 unspecified atom stereocenters. The van der Waals surface area contributed by atoms with E-state index in [0.29, 0.717) is 52.1 Å². The van der Waals surface area contributed by atoms with Crippen LogP contribution in [0.15, 0.2) is 25.3 Å². The third kappa shape index (κ3) is 4.76. The fourth-order valence-electron chi connectivity index (χ4n) is 6.13. The van der Waals surface area contributed by atoms with Gasteiger partial charge >= 0.3 is 5.97 Å². The number of ether oxygens (including phenoxy) is 3. The van der Waals surface area contributed by atoms with Crippen LogP contribution in [-0.2, 0) is 28.6 Å². The molecule has 4 aliphatic heterocycles. The molecule has 194 valence electrons. The van der Waals surface area contributed by atoms with E-state index in [9.17, 15) is 19.5 Å². The van der Waals surface area contributed by atoms with E-state index in [1.807, 2.05) is 0 Å². The Morgan fingerprint density at radius 2 is 2.00 bits per heavy atom. The van der Waals surface area contributed by atoms with Crippen LogP contribution in [0.1, 0.15) is 19.3 Å². The number of fused-ring (bicyclic) bond motifs is 1. The second kappa shape index (κ2) is 11.2. The van der Waals surface area contributed by atoms with Gasteiger partial charge in [0.15, 0.2) is 0 Å². The second-order valence-electron chi connectivity index (χ2n) is 9.61. The first-order chi connectivity index (χ1) is 17.0. The molecule has 10 nitrogen and oxygen atoms in total. The van der Waals surface area contributed by atoms with Gasteiger partial charge in [0.1, 0.15) is 18.2 Å². The number of hydrogen-bond donors (Lipinski definition) is 1. The van der Waals surface area contributed by atoms with Gasteiger partial charge in [-0.25, -0.2) is 0 Å². The number of carbonyl (C=O) groups excluding carboxylic acids is 3. The van der Waals surface area contributed by atoms with Gasteiger partial charge in [0.25, 0.3) is 0 Å². The predicted molar refractivity (Wildman–Crippen MR) is 126 cm³/mol. The number of esters is 1. The molecule has 2 bridgehead atoms. The molecule has 0 aromatic heterocycles. The molecule has 35 heavy (non-hydrogen) atoms. The minimum atomic E-state index is -1.06. The molecule has 1 N–H and O–H groups in total. The average Bonchev–Trinajstić information content (AvgIpc) is 3.51. The standard InChI is InChI=1S/C25H37N3O7/c1-3-8-27(11-10-26-12-16-33-17-13-26)23(31)21-25-7-6-18(35-25)19(24(32)34-15-4-2)20(25)22(30)28(21)9-5-14-29/h3-4,18-21,29H,1-2,5-17H2/t18-,19+,20+,21?,25?/m1/s1. The maximum Gasteiger partial charge on any atom is 0.312 e. The monoisotopic (exact) mass is 491 g/mol. The van der Waals surface area contributed by atoms with Crippen molar-refractivity contribution in [2.45, 2.75) is 37.0 Å². The number of amides is 2. The van der Waals surface area contributed by atoms with Gasteiger partial charge in [-0.1, -0.05) is 18.7 Å². The van der Waals surface area contributed by atoms with Crippen molar-refractivity contribution >= 4 is 17.8 Å². The number of morpholine rings is 1. The lowest BCUT2D eigenvalue weighted by atomic mass is 9.70. The van der Waals surface area contributed by atoms with Crippen LogP contribution in [0, 0.1) is 11.8 Å². The summed E-state index contributed by atoms with van der Waals surface area (Å²) in [4.78, 5) is 46.2. The minimum absolute atomic E-state index is 0.0567. The Balaban J connectivity index is 1.59. The van der Waals surface area contributed by atoms with Crippen LogP contribution in [0.25, 0.3) is 0 Å². The number of nitrogens with zero attached hydrogens (tertiary/aromatic N) is 3. The largest absolute Gasteiger partial charge is 0.461 e. The van der Waals surface area contributed by atoms with Gasteiger partial charge in [-0.3, -0.25) is 19.3 Å². The summed E-state index contributed by atoms with van der Waals surface area (Å²) in [5.41, 5.74) is -1.06. The number of aliphatic hydroxyl groups is 1. The van der Waals surface area contributed by atoms with Gasteiger partial charge in [0.2, 0.25) is 11.8 Å². The molecule has 4 heterocycles. The Morgan fingerprint density at radius 3 is 2.69 bits per heavy atom. The van der Waals surface area contributed by atoms with E-state index in [-0.39, 0.29) is 31.6 Å². The summed E-state index contributed by atoms with van der Waals surface area (Å²) in [7, 11) is 0. The molecule has 10 heteroatoms. The zero-order chi connectivity index (χ0) is 25.0. The van der Waals surface area contributed by atoms with Gasteiger partial charge in [0.05, 0.1) is 31.2 Å². The van der Waals surface area contributed by atoms with Crippen LogP contribution < -0.4 is 0 Å². The Morgan fingerprint density at radius 1 is 1.23 bits per heavy atom. The molecule has 0 aromatic carbocycles. The molecule has 2 amide bonds. The maximum atomic E-state index is 14.1. The van der Waals surface area contributed by atoms with Crippen LogP contribution >= 0.6 is 0 Å². The molecular formula is C25H37N3O7. The first-order valence-corrected chi connectivity index (χ1v) is 12.5. The lowest BCUT2D eigenvalue weighted by molar-refractivity contribution is -0.154. The van der Waals surface area contributed by atoms with E-state index < -0.39 is 35.6 Å². The van der Waals surface area contributed by atoms with Crippen molar-refractivity contribution in [3.8, 4) is 0 Å². The SMILES string of the molecule is C=CCOC(=O)[C@@H]1[C@H]2C(=O)N(CCCO)C(C(=O)N(CC=C)CCN3CCOCC3)C23CC[C@H]1O3. The molecule has 4 saturated heterocycles. The lowest BCUT2D eigenvalue weighted by Gasteiger charge is -2.37. The summed E-state index contributed by atoms with van der Waals surface area (Å²) >= 11 is 0. The van der Waals surface area contributed by atoms with E-state index in [4.69, 9.17) is 14.2 Å². The Labute approximate surface area is 206 Å². The zero-order valence-electron chi connectivity index (χ0n) is 20.3. The van der Waals surface area contributed by atoms with Crippen molar-refractivity contribution in [1.29, 1.82) is 0 Å². The molecule has 5 atom stereocenters. The van der Waals surface area contributed by atoms with Gasteiger partial charge in [-0.2, -0.15) is 0 Å². The molecule has 0 radical (unpaired) electrons. The molecule has 1 spiro atoms. The number of likely N-dealkylation sites (tertiary alicyclic amines) is 1. The topological polar surface area (TPSA) is 109 Å². The fraction of sp³-hybridized carbons (Fsp3) is 0.720. The third-order valence-corrected chi connectivity index (χ3v) is 7.66. The molecule has 4 fully saturated rings. The fourth-order valence-corrected chi connectivity index (χ4v) is 6.13. The number of carbonyl (C=O) groups is 3. The Bertz CT molecular complexity index is 830. The van der Waals surface area contributed by atoms with Crippen molar-refractivity contribution < 1.29 is 33.7 Å². The van der Waals surface area contributed by atoms with E-state index in [0.717, 1.165) is 13.1 Å². The number of aliphatic hydroxyl groups excluding tert-OH is 1. The number of hydrogen-bond acceptors (Lipinski definition) is 8. The smallest absolute Gasteiger partial charge is 0.312 e. The normalized spacial score (nSPS) is 31.9. The predicted octanol–water partition coefficient (Wildman–Crippen LogP) is -0.181. The number of rotatable bonds is 12. The van der Waals surface area contributed by atoms with Crippen LogP contribution in [0.2, 0.25) is 0 Å². The molecular weight excluding hydrogens is 454 g/mol. The Kier molecular flexibility index (Phi) is 8.26. The average molecular weight is 492 g/mol. The molecule has 0 aromatic rings. The van der Waals surface area contributed by atoms with Gasteiger partial charge in [0, 0.05) is 45.9 Å². The minimum Gasteiger partial charge on any atom is -0.461 e. The summed E-state index contributed by atoms with van der Waals surface area (Å²) in [5, 5.41) is 9.45. The van der Waals surface area contributed by atoms with E-state index in [2.05, 4.69) is 18.1 Å².